The van der Waals surface area contributed by atoms with E-state index in [2.05, 4.69) is 43.8 Å². The smallest absolute Gasteiger partial charge is 0.252 e. The third kappa shape index (κ3) is 4.95. The maximum atomic E-state index is 11.9. The van der Waals surface area contributed by atoms with Crippen LogP contribution in [0.5, 0.6) is 0 Å². The lowest BCUT2D eigenvalue weighted by molar-refractivity contribution is 0.0952. The van der Waals surface area contributed by atoms with E-state index < -0.39 is 0 Å². The summed E-state index contributed by atoms with van der Waals surface area (Å²) in [4.78, 5) is 11.9. The van der Waals surface area contributed by atoms with Crippen LogP contribution in [0.3, 0.4) is 0 Å². The van der Waals surface area contributed by atoms with Gasteiger partial charge in [0.05, 0.1) is 5.56 Å². The Morgan fingerprint density at radius 1 is 1.35 bits per heavy atom. The van der Waals surface area contributed by atoms with Crippen molar-refractivity contribution in [2.24, 2.45) is 0 Å². The van der Waals surface area contributed by atoms with Gasteiger partial charge in [0.15, 0.2) is 0 Å². The van der Waals surface area contributed by atoms with Crippen LogP contribution in [0.2, 0.25) is 0 Å². The Kier molecular flexibility index (Phi) is 7.11. The predicted molar refractivity (Wildman–Crippen MR) is 83.9 cm³/mol. The Balaban J connectivity index is 2.44. The van der Waals surface area contributed by atoms with E-state index in [1.165, 1.54) is 0 Å². The number of amides is 1. The van der Waals surface area contributed by atoms with E-state index in [0.717, 1.165) is 45.8 Å². The van der Waals surface area contributed by atoms with Crippen molar-refractivity contribution in [3.8, 4) is 0 Å². The van der Waals surface area contributed by atoms with E-state index in [1.54, 1.807) is 0 Å². The first-order chi connectivity index (χ1) is 8.16. The van der Waals surface area contributed by atoms with E-state index in [1.807, 2.05) is 25.1 Å². The molecule has 0 saturated heterocycles. The molecule has 0 heterocycles. The highest BCUT2D eigenvalue weighted by molar-refractivity contribution is 14.1. The Labute approximate surface area is 125 Å². The topological polar surface area (TPSA) is 29.1 Å². The van der Waals surface area contributed by atoms with E-state index >= 15 is 0 Å². The van der Waals surface area contributed by atoms with Crippen molar-refractivity contribution in [2.45, 2.75) is 26.2 Å². The van der Waals surface area contributed by atoms with Gasteiger partial charge in [-0.15, -0.1) is 0 Å². The monoisotopic (exact) mass is 409 g/mol. The molecule has 0 aliphatic heterocycles. The molecule has 0 radical (unpaired) electrons. The van der Waals surface area contributed by atoms with Gasteiger partial charge in [0.25, 0.3) is 5.91 Å². The first-order valence-corrected chi connectivity index (χ1v) is 7.96. The number of hydrogen-bond donors (Lipinski definition) is 1. The zero-order chi connectivity index (χ0) is 12.7. The molecule has 1 aromatic rings. The first-order valence-electron chi connectivity index (χ1n) is 5.76. The summed E-state index contributed by atoms with van der Waals surface area (Å²) in [7, 11) is 0. The van der Waals surface area contributed by atoms with Crippen molar-refractivity contribution in [2.75, 3.05) is 11.9 Å². The summed E-state index contributed by atoms with van der Waals surface area (Å²) in [5.74, 6) is 0.0388. The Hall–Kier alpha value is -0.100. The summed E-state index contributed by atoms with van der Waals surface area (Å²) in [6, 6.07) is 5.83. The van der Waals surface area contributed by atoms with E-state index in [4.69, 9.17) is 0 Å². The number of hydrogen-bond acceptors (Lipinski definition) is 1. The molecule has 2 nitrogen and oxygen atoms in total. The van der Waals surface area contributed by atoms with Gasteiger partial charge < -0.3 is 5.32 Å². The summed E-state index contributed by atoms with van der Waals surface area (Å²) in [6.07, 6.45) is 3.36. The van der Waals surface area contributed by atoms with Gasteiger partial charge >= 0.3 is 0 Å². The van der Waals surface area contributed by atoms with Gasteiger partial charge in [-0.2, -0.15) is 0 Å². The van der Waals surface area contributed by atoms with Crippen molar-refractivity contribution in [3.05, 3.63) is 32.9 Å². The van der Waals surface area contributed by atoms with Crippen molar-refractivity contribution >= 4 is 44.4 Å². The van der Waals surface area contributed by atoms with Gasteiger partial charge in [-0.1, -0.05) is 34.5 Å². The highest BCUT2D eigenvalue weighted by Crippen LogP contribution is 2.16. The van der Waals surface area contributed by atoms with Crippen LogP contribution < -0.4 is 5.32 Å². The number of nitrogens with one attached hydrogen (secondary N) is 1. The van der Waals surface area contributed by atoms with E-state index in [9.17, 15) is 4.79 Å². The van der Waals surface area contributed by atoms with E-state index in [0.29, 0.717) is 0 Å². The summed E-state index contributed by atoms with van der Waals surface area (Å²) in [5.41, 5.74) is 1.93. The quantitative estimate of drug-likeness (QED) is 0.431. The van der Waals surface area contributed by atoms with Crippen LogP contribution in [-0.4, -0.2) is 17.8 Å². The lowest BCUT2D eigenvalue weighted by Gasteiger charge is -2.08. The fraction of sp³-hybridized carbons (Fsp3) is 0.462. The van der Waals surface area contributed by atoms with Crippen molar-refractivity contribution in [1.29, 1.82) is 0 Å². The molecule has 0 aliphatic rings. The minimum Gasteiger partial charge on any atom is -0.352 e. The second-order valence-electron chi connectivity index (χ2n) is 3.94. The molecule has 0 atom stereocenters. The third-order valence-corrected chi connectivity index (χ3v) is 4.53. The van der Waals surface area contributed by atoms with Crippen LogP contribution in [0.4, 0.5) is 0 Å². The van der Waals surface area contributed by atoms with Crippen LogP contribution in [0, 0.1) is 10.5 Å². The number of unbranched alkanes of at least 4 members (excludes halogenated alkanes) is 2. The van der Waals surface area contributed by atoms with Gasteiger partial charge in [0, 0.05) is 15.4 Å². The molecular formula is C13H17BrINO. The second kappa shape index (κ2) is 8.08. The number of halogens is 2. The number of carbonyl (C=O) groups is 1. The largest absolute Gasteiger partial charge is 0.352 e. The molecule has 94 valence electrons. The molecule has 0 bridgehead atoms. The minimum atomic E-state index is 0.0388. The van der Waals surface area contributed by atoms with Gasteiger partial charge in [-0.25, -0.2) is 0 Å². The molecule has 4 heteroatoms. The Bertz CT molecular complexity index is 382. The standard InChI is InChI=1S/C13H17BrINO/c1-10-6-5-7-11(12(10)15)13(17)16-9-4-2-3-8-14/h5-7H,2-4,8-9H2,1H3,(H,16,17). The molecule has 0 aliphatic carbocycles. The minimum absolute atomic E-state index is 0.0388. The fourth-order valence-corrected chi connectivity index (χ4v) is 2.52. The number of rotatable bonds is 6. The van der Waals surface area contributed by atoms with Gasteiger partial charge in [-0.05, 0) is 54.0 Å². The van der Waals surface area contributed by atoms with Crippen LogP contribution >= 0.6 is 38.5 Å². The third-order valence-electron chi connectivity index (χ3n) is 2.53. The lowest BCUT2D eigenvalue weighted by Crippen LogP contribution is -2.25. The van der Waals surface area contributed by atoms with Crippen molar-refractivity contribution in [1.82, 2.24) is 5.32 Å². The average molecular weight is 410 g/mol. The summed E-state index contributed by atoms with van der Waals surface area (Å²) >= 11 is 5.62. The number of alkyl halides is 1. The molecule has 1 rings (SSSR count). The molecule has 0 spiro atoms. The highest BCUT2D eigenvalue weighted by Gasteiger charge is 2.09. The van der Waals surface area contributed by atoms with Crippen LogP contribution in [-0.2, 0) is 0 Å². The van der Waals surface area contributed by atoms with Gasteiger partial charge in [-0.3, -0.25) is 4.79 Å². The maximum absolute atomic E-state index is 11.9. The molecule has 0 fully saturated rings. The van der Waals surface area contributed by atoms with Crippen LogP contribution in [0.25, 0.3) is 0 Å². The molecule has 1 amide bonds. The maximum Gasteiger partial charge on any atom is 0.252 e. The number of carbonyl (C=O) groups excluding carboxylic acids is 1. The first kappa shape index (κ1) is 15.0. The lowest BCUT2D eigenvalue weighted by atomic mass is 10.1. The van der Waals surface area contributed by atoms with Crippen molar-refractivity contribution < 1.29 is 4.79 Å². The molecule has 0 unspecified atom stereocenters. The van der Waals surface area contributed by atoms with E-state index in [-0.39, 0.29) is 5.91 Å². The molecule has 1 aromatic carbocycles. The second-order valence-corrected chi connectivity index (χ2v) is 5.81. The number of aryl methyl sites for hydroxylation is 1. The predicted octanol–water partition coefficient (Wildman–Crippen LogP) is 3.89. The highest BCUT2D eigenvalue weighted by atomic mass is 127. The Morgan fingerprint density at radius 2 is 2.12 bits per heavy atom. The van der Waals surface area contributed by atoms with Gasteiger partial charge in [0.1, 0.15) is 0 Å². The van der Waals surface area contributed by atoms with Crippen LogP contribution in [0.15, 0.2) is 18.2 Å². The average Bonchev–Trinajstić information content (AvgIpc) is 2.32. The number of benzene rings is 1. The zero-order valence-electron chi connectivity index (χ0n) is 9.93. The SMILES string of the molecule is Cc1cccc(C(=O)NCCCCCBr)c1I. The summed E-state index contributed by atoms with van der Waals surface area (Å²) in [5, 5.41) is 4.01. The molecule has 0 saturated carbocycles. The van der Waals surface area contributed by atoms with Crippen LogP contribution in [0.1, 0.15) is 35.2 Å². The van der Waals surface area contributed by atoms with Crippen molar-refractivity contribution in [3.63, 3.8) is 0 Å². The fourth-order valence-electron chi connectivity index (χ4n) is 1.52. The molecule has 1 N–H and O–H groups in total. The molecule has 0 aromatic heterocycles. The summed E-state index contributed by atoms with van der Waals surface area (Å²) in [6.45, 7) is 2.78. The molecule has 17 heavy (non-hydrogen) atoms. The summed E-state index contributed by atoms with van der Waals surface area (Å²) < 4.78 is 1.04. The van der Waals surface area contributed by atoms with Gasteiger partial charge in [0.2, 0.25) is 0 Å². The normalized spacial score (nSPS) is 10.3. The Morgan fingerprint density at radius 3 is 2.82 bits per heavy atom. The zero-order valence-corrected chi connectivity index (χ0v) is 13.7. The molecular weight excluding hydrogens is 393 g/mol.